The maximum atomic E-state index is 12.9. The summed E-state index contributed by atoms with van der Waals surface area (Å²) in [7, 11) is -3.56. The van der Waals surface area contributed by atoms with Crippen LogP contribution in [0.15, 0.2) is 72.1 Å². The van der Waals surface area contributed by atoms with Crippen molar-refractivity contribution in [1.29, 1.82) is 0 Å². The summed E-state index contributed by atoms with van der Waals surface area (Å²) in [5.41, 5.74) is 2.46. The minimum atomic E-state index is -3.56. The molecule has 4 rings (SSSR count). The van der Waals surface area contributed by atoms with E-state index < -0.39 is 10.0 Å². The molecule has 0 aliphatic carbocycles. The molecule has 1 fully saturated rings. The molecule has 1 aliphatic rings. The standard InChI is InChI=1S/C23H26N4O3S/c28-23(25-16-19-7-9-20(10-8-19)17-26-14-11-24-18-26)21-5-4-6-22(15-21)31(29,30)27-12-2-1-3-13-27/h4-11,14-15,18H,1-3,12-13,16-17H2,(H,25,28). The fraction of sp³-hybridized carbons (Fsp3) is 0.304. The molecule has 0 bridgehead atoms. The second-order valence-electron chi connectivity index (χ2n) is 7.73. The SMILES string of the molecule is O=C(NCc1ccc(Cn2ccnc2)cc1)c1cccc(S(=O)(=O)N2CCCCC2)c1. The topological polar surface area (TPSA) is 84.3 Å². The number of hydrogen-bond acceptors (Lipinski definition) is 4. The highest BCUT2D eigenvalue weighted by atomic mass is 32.2. The summed E-state index contributed by atoms with van der Waals surface area (Å²) in [5.74, 6) is -0.293. The Balaban J connectivity index is 1.38. The molecule has 3 aromatic rings. The number of nitrogens with one attached hydrogen (secondary N) is 1. The molecule has 0 saturated carbocycles. The van der Waals surface area contributed by atoms with Gasteiger partial charge in [-0.1, -0.05) is 36.8 Å². The average molecular weight is 439 g/mol. The summed E-state index contributed by atoms with van der Waals surface area (Å²) in [5, 5.41) is 2.88. The number of carbonyl (C=O) groups is 1. The van der Waals surface area contributed by atoms with Crippen LogP contribution < -0.4 is 5.32 Å². The Kier molecular flexibility index (Phi) is 6.48. The van der Waals surface area contributed by atoms with Crippen LogP contribution in [-0.4, -0.2) is 41.3 Å². The van der Waals surface area contributed by atoms with Crippen LogP contribution in [0.25, 0.3) is 0 Å². The van der Waals surface area contributed by atoms with Crippen LogP contribution >= 0.6 is 0 Å². The third-order valence-corrected chi connectivity index (χ3v) is 7.34. The van der Waals surface area contributed by atoms with Crippen LogP contribution in [0.1, 0.15) is 40.7 Å². The van der Waals surface area contributed by atoms with Gasteiger partial charge in [0.1, 0.15) is 0 Å². The summed E-state index contributed by atoms with van der Waals surface area (Å²) in [6.07, 6.45) is 8.23. The second kappa shape index (κ2) is 9.45. The van der Waals surface area contributed by atoms with Crippen LogP contribution in [0, 0.1) is 0 Å². The quantitative estimate of drug-likeness (QED) is 0.615. The monoisotopic (exact) mass is 438 g/mol. The summed E-state index contributed by atoms with van der Waals surface area (Å²) < 4.78 is 29.3. The molecule has 2 heterocycles. The van der Waals surface area contributed by atoms with Gasteiger partial charge in [-0.2, -0.15) is 4.31 Å². The smallest absolute Gasteiger partial charge is 0.251 e. The Hall–Kier alpha value is -2.97. The number of sulfonamides is 1. The molecule has 8 heteroatoms. The summed E-state index contributed by atoms with van der Waals surface area (Å²) in [6, 6.07) is 14.3. The zero-order chi connectivity index (χ0) is 21.7. The predicted octanol–water partition coefficient (Wildman–Crippen LogP) is 3.04. The Morgan fingerprint density at radius 3 is 2.45 bits per heavy atom. The van der Waals surface area contributed by atoms with Crippen molar-refractivity contribution in [2.75, 3.05) is 13.1 Å². The van der Waals surface area contributed by atoms with Gasteiger partial charge in [0.2, 0.25) is 10.0 Å². The van der Waals surface area contributed by atoms with E-state index in [4.69, 9.17) is 0 Å². The first kappa shape index (κ1) is 21.3. The van der Waals surface area contributed by atoms with Gasteiger partial charge < -0.3 is 9.88 Å². The van der Waals surface area contributed by atoms with Gasteiger partial charge >= 0.3 is 0 Å². The van der Waals surface area contributed by atoms with Crippen molar-refractivity contribution in [3.05, 3.63) is 83.9 Å². The van der Waals surface area contributed by atoms with Crippen LogP contribution in [0.5, 0.6) is 0 Å². The number of piperidine rings is 1. The second-order valence-corrected chi connectivity index (χ2v) is 9.66. The van der Waals surface area contributed by atoms with E-state index in [-0.39, 0.29) is 10.8 Å². The average Bonchev–Trinajstić information content (AvgIpc) is 3.32. The van der Waals surface area contributed by atoms with Crippen LogP contribution in [0.3, 0.4) is 0 Å². The van der Waals surface area contributed by atoms with Crippen LogP contribution in [0.4, 0.5) is 0 Å². The molecule has 1 saturated heterocycles. The maximum absolute atomic E-state index is 12.9. The number of carbonyl (C=O) groups excluding carboxylic acids is 1. The Morgan fingerprint density at radius 1 is 1.00 bits per heavy atom. The van der Waals surface area contributed by atoms with Crippen molar-refractivity contribution in [1.82, 2.24) is 19.2 Å². The number of rotatable bonds is 7. The van der Waals surface area contributed by atoms with Gasteiger partial charge in [0.05, 0.1) is 11.2 Å². The highest BCUT2D eigenvalue weighted by Crippen LogP contribution is 2.21. The minimum Gasteiger partial charge on any atom is -0.348 e. The first-order valence-electron chi connectivity index (χ1n) is 10.4. The summed E-state index contributed by atoms with van der Waals surface area (Å²) in [4.78, 5) is 16.8. The molecule has 0 spiro atoms. The molecule has 2 aromatic carbocycles. The van der Waals surface area contributed by atoms with E-state index in [1.165, 1.54) is 10.4 Å². The molecule has 0 unspecified atom stereocenters. The highest BCUT2D eigenvalue weighted by molar-refractivity contribution is 7.89. The number of nitrogens with zero attached hydrogens (tertiary/aromatic N) is 3. The molecule has 0 radical (unpaired) electrons. The van der Waals surface area contributed by atoms with E-state index in [0.29, 0.717) is 25.2 Å². The van der Waals surface area contributed by atoms with E-state index >= 15 is 0 Å². The Bertz CT molecular complexity index is 1120. The molecule has 1 amide bonds. The third-order valence-electron chi connectivity index (χ3n) is 5.45. The van der Waals surface area contributed by atoms with E-state index in [1.807, 2.05) is 35.0 Å². The van der Waals surface area contributed by atoms with E-state index in [9.17, 15) is 13.2 Å². The fourth-order valence-corrected chi connectivity index (χ4v) is 5.25. The summed E-state index contributed by atoms with van der Waals surface area (Å²) in [6.45, 7) is 2.18. The van der Waals surface area contributed by atoms with Gasteiger partial charge in [0, 0.05) is 44.1 Å². The molecule has 7 nitrogen and oxygen atoms in total. The van der Waals surface area contributed by atoms with Gasteiger partial charge in [0.25, 0.3) is 5.91 Å². The zero-order valence-corrected chi connectivity index (χ0v) is 18.1. The number of amides is 1. The van der Waals surface area contributed by atoms with Crippen LogP contribution in [-0.2, 0) is 23.1 Å². The minimum absolute atomic E-state index is 0.172. The van der Waals surface area contributed by atoms with E-state index in [2.05, 4.69) is 10.3 Å². The van der Waals surface area contributed by atoms with Crippen molar-refractivity contribution in [2.45, 2.75) is 37.2 Å². The number of aromatic nitrogens is 2. The molecule has 162 valence electrons. The van der Waals surface area contributed by atoms with Crippen molar-refractivity contribution in [3.63, 3.8) is 0 Å². The summed E-state index contributed by atoms with van der Waals surface area (Å²) >= 11 is 0. The van der Waals surface area contributed by atoms with Gasteiger partial charge in [-0.05, 0) is 42.2 Å². The van der Waals surface area contributed by atoms with Gasteiger partial charge in [-0.3, -0.25) is 4.79 Å². The molecule has 1 aliphatic heterocycles. The largest absolute Gasteiger partial charge is 0.348 e. The lowest BCUT2D eigenvalue weighted by Crippen LogP contribution is -2.35. The van der Waals surface area contributed by atoms with Crippen molar-refractivity contribution in [2.24, 2.45) is 0 Å². The predicted molar refractivity (Wildman–Crippen MR) is 118 cm³/mol. The van der Waals surface area contributed by atoms with Crippen molar-refractivity contribution < 1.29 is 13.2 Å². The molecule has 1 N–H and O–H groups in total. The first-order valence-corrected chi connectivity index (χ1v) is 11.9. The molecular formula is C23H26N4O3S. The van der Waals surface area contributed by atoms with Crippen LogP contribution in [0.2, 0.25) is 0 Å². The van der Waals surface area contributed by atoms with Crippen molar-refractivity contribution in [3.8, 4) is 0 Å². The van der Waals surface area contributed by atoms with E-state index in [1.54, 1.807) is 30.7 Å². The zero-order valence-electron chi connectivity index (χ0n) is 17.3. The Morgan fingerprint density at radius 2 is 1.74 bits per heavy atom. The number of imidazole rings is 1. The normalized spacial score (nSPS) is 15.0. The molecular weight excluding hydrogens is 412 g/mol. The maximum Gasteiger partial charge on any atom is 0.251 e. The van der Waals surface area contributed by atoms with Crippen molar-refractivity contribution >= 4 is 15.9 Å². The molecule has 31 heavy (non-hydrogen) atoms. The van der Waals surface area contributed by atoms with E-state index in [0.717, 1.165) is 36.9 Å². The Labute approximate surface area is 182 Å². The lowest BCUT2D eigenvalue weighted by molar-refractivity contribution is 0.0950. The first-order chi connectivity index (χ1) is 15.0. The molecule has 0 atom stereocenters. The van der Waals surface area contributed by atoms with Gasteiger partial charge in [-0.25, -0.2) is 13.4 Å². The number of hydrogen-bond donors (Lipinski definition) is 1. The molecule has 1 aromatic heterocycles. The van der Waals surface area contributed by atoms with Gasteiger partial charge in [0.15, 0.2) is 0 Å². The highest BCUT2D eigenvalue weighted by Gasteiger charge is 2.26. The lowest BCUT2D eigenvalue weighted by atomic mass is 10.1. The fourth-order valence-electron chi connectivity index (χ4n) is 3.69. The lowest BCUT2D eigenvalue weighted by Gasteiger charge is -2.26. The number of benzene rings is 2. The van der Waals surface area contributed by atoms with Gasteiger partial charge in [-0.15, -0.1) is 0 Å². The third kappa shape index (κ3) is 5.21.